The summed E-state index contributed by atoms with van der Waals surface area (Å²) in [6.07, 6.45) is 1.26. The molecule has 1 aromatic carbocycles. The third kappa shape index (κ3) is 3.65. The summed E-state index contributed by atoms with van der Waals surface area (Å²) >= 11 is 0. The fourth-order valence-electron chi connectivity index (χ4n) is 1.63. The van der Waals surface area contributed by atoms with Crippen molar-refractivity contribution in [1.82, 2.24) is 5.32 Å². The number of nitrogens with one attached hydrogen (secondary N) is 1. The van der Waals surface area contributed by atoms with Crippen LogP contribution in [0.5, 0.6) is 0 Å². The predicted octanol–water partition coefficient (Wildman–Crippen LogP) is 2.55. The summed E-state index contributed by atoms with van der Waals surface area (Å²) in [6.45, 7) is 5.81. The van der Waals surface area contributed by atoms with Crippen molar-refractivity contribution in [3.05, 3.63) is 35.4 Å². The molecular formula is C13H21NO. The Balaban J connectivity index is 2.72. The average molecular weight is 207 g/mol. The lowest BCUT2D eigenvalue weighted by atomic mass is 10.1. The van der Waals surface area contributed by atoms with E-state index in [1.54, 1.807) is 0 Å². The Morgan fingerprint density at radius 2 is 1.87 bits per heavy atom. The molecule has 0 heterocycles. The molecule has 2 nitrogen and oxygen atoms in total. The van der Waals surface area contributed by atoms with Crippen molar-refractivity contribution in [3.63, 3.8) is 0 Å². The van der Waals surface area contributed by atoms with E-state index in [-0.39, 0.29) is 6.10 Å². The van der Waals surface area contributed by atoms with Gasteiger partial charge in [-0.2, -0.15) is 0 Å². The summed E-state index contributed by atoms with van der Waals surface area (Å²) in [5.41, 5.74) is 2.63. The molecule has 0 bridgehead atoms. The van der Waals surface area contributed by atoms with Gasteiger partial charge in [-0.15, -0.1) is 0 Å². The second-order valence-corrected chi connectivity index (χ2v) is 3.60. The van der Waals surface area contributed by atoms with E-state index in [0.717, 1.165) is 19.6 Å². The first-order valence-electron chi connectivity index (χ1n) is 5.66. The van der Waals surface area contributed by atoms with Gasteiger partial charge in [0, 0.05) is 13.2 Å². The molecule has 15 heavy (non-hydrogen) atoms. The number of aryl methyl sites for hydroxylation is 1. The van der Waals surface area contributed by atoms with Crippen LogP contribution in [0.2, 0.25) is 0 Å². The zero-order chi connectivity index (χ0) is 11.1. The zero-order valence-electron chi connectivity index (χ0n) is 9.92. The predicted molar refractivity (Wildman–Crippen MR) is 64.1 cm³/mol. The molecule has 0 aliphatic rings. The highest BCUT2D eigenvalue weighted by Crippen LogP contribution is 2.17. The van der Waals surface area contributed by atoms with Crippen molar-refractivity contribution in [2.24, 2.45) is 0 Å². The molecule has 0 amide bonds. The van der Waals surface area contributed by atoms with Gasteiger partial charge >= 0.3 is 0 Å². The van der Waals surface area contributed by atoms with Gasteiger partial charge in [-0.1, -0.05) is 31.2 Å². The molecule has 0 spiro atoms. The molecular weight excluding hydrogens is 186 g/mol. The Morgan fingerprint density at radius 1 is 1.20 bits per heavy atom. The summed E-state index contributed by atoms with van der Waals surface area (Å²) in [5.74, 6) is 0. The molecule has 1 rings (SSSR count). The first-order valence-corrected chi connectivity index (χ1v) is 5.66. The van der Waals surface area contributed by atoms with Gasteiger partial charge in [0.25, 0.3) is 0 Å². The molecule has 0 unspecified atom stereocenters. The molecule has 0 aliphatic heterocycles. The van der Waals surface area contributed by atoms with E-state index in [9.17, 15) is 0 Å². The molecule has 0 saturated heterocycles. The fraction of sp³-hybridized carbons (Fsp3) is 0.538. The SMILES string of the molecule is CCO[C@H](CNC)c1ccc(CC)cc1. The maximum absolute atomic E-state index is 5.68. The van der Waals surface area contributed by atoms with Crippen molar-refractivity contribution < 1.29 is 4.74 Å². The number of likely N-dealkylation sites (N-methyl/N-ethyl adjacent to an activating group) is 1. The molecule has 1 atom stereocenters. The van der Waals surface area contributed by atoms with Crippen molar-refractivity contribution in [1.29, 1.82) is 0 Å². The topological polar surface area (TPSA) is 21.3 Å². The van der Waals surface area contributed by atoms with Crippen molar-refractivity contribution in [2.45, 2.75) is 26.4 Å². The highest BCUT2D eigenvalue weighted by molar-refractivity contribution is 5.24. The van der Waals surface area contributed by atoms with Crippen LogP contribution in [0.4, 0.5) is 0 Å². The minimum absolute atomic E-state index is 0.172. The minimum Gasteiger partial charge on any atom is -0.372 e. The highest BCUT2D eigenvalue weighted by Gasteiger charge is 2.09. The van der Waals surface area contributed by atoms with E-state index >= 15 is 0 Å². The fourth-order valence-corrected chi connectivity index (χ4v) is 1.63. The third-order valence-electron chi connectivity index (χ3n) is 2.52. The van der Waals surface area contributed by atoms with Crippen molar-refractivity contribution in [2.75, 3.05) is 20.2 Å². The normalized spacial score (nSPS) is 12.7. The van der Waals surface area contributed by atoms with Crippen molar-refractivity contribution >= 4 is 0 Å². The number of hydrogen-bond donors (Lipinski definition) is 1. The largest absolute Gasteiger partial charge is 0.372 e. The van der Waals surface area contributed by atoms with Crippen LogP contribution in [-0.4, -0.2) is 20.2 Å². The second kappa shape index (κ2) is 6.59. The first-order chi connectivity index (χ1) is 7.31. The number of benzene rings is 1. The van der Waals surface area contributed by atoms with Crippen LogP contribution >= 0.6 is 0 Å². The molecule has 0 fully saturated rings. The van der Waals surface area contributed by atoms with Crippen LogP contribution in [-0.2, 0) is 11.2 Å². The zero-order valence-corrected chi connectivity index (χ0v) is 9.92. The summed E-state index contributed by atoms with van der Waals surface area (Å²) in [6, 6.07) is 8.68. The van der Waals surface area contributed by atoms with Gasteiger partial charge in [-0.05, 0) is 31.5 Å². The van der Waals surface area contributed by atoms with Gasteiger partial charge < -0.3 is 10.1 Å². The van der Waals surface area contributed by atoms with E-state index in [4.69, 9.17) is 4.74 Å². The monoisotopic (exact) mass is 207 g/mol. The van der Waals surface area contributed by atoms with E-state index < -0.39 is 0 Å². The van der Waals surface area contributed by atoms with Crippen LogP contribution in [0.15, 0.2) is 24.3 Å². The Hall–Kier alpha value is -0.860. The molecule has 0 aliphatic carbocycles. The van der Waals surface area contributed by atoms with E-state index in [1.807, 2.05) is 14.0 Å². The summed E-state index contributed by atoms with van der Waals surface area (Å²) in [7, 11) is 1.95. The Bertz CT molecular complexity index is 262. The quantitative estimate of drug-likeness (QED) is 0.774. The molecule has 1 N–H and O–H groups in total. The smallest absolute Gasteiger partial charge is 0.0948 e. The van der Waals surface area contributed by atoms with Gasteiger partial charge in [0.1, 0.15) is 0 Å². The van der Waals surface area contributed by atoms with Gasteiger partial charge in [0.15, 0.2) is 0 Å². The first kappa shape index (κ1) is 12.2. The maximum atomic E-state index is 5.68. The lowest BCUT2D eigenvalue weighted by Crippen LogP contribution is -2.19. The maximum Gasteiger partial charge on any atom is 0.0948 e. The Kier molecular flexibility index (Phi) is 5.37. The van der Waals surface area contributed by atoms with E-state index in [2.05, 4.69) is 36.5 Å². The molecule has 0 saturated carbocycles. The van der Waals surface area contributed by atoms with Crippen LogP contribution < -0.4 is 5.32 Å². The lowest BCUT2D eigenvalue weighted by molar-refractivity contribution is 0.0638. The highest BCUT2D eigenvalue weighted by atomic mass is 16.5. The summed E-state index contributed by atoms with van der Waals surface area (Å²) in [4.78, 5) is 0. The van der Waals surface area contributed by atoms with Crippen LogP contribution in [0, 0.1) is 0 Å². The van der Waals surface area contributed by atoms with Crippen molar-refractivity contribution in [3.8, 4) is 0 Å². The number of hydrogen-bond acceptors (Lipinski definition) is 2. The van der Waals surface area contributed by atoms with Gasteiger partial charge in [0.2, 0.25) is 0 Å². The number of rotatable bonds is 6. The minimum atomic E-state index is 0.172. The average Bonchev–Trinajstić information content (AvgIpc) is 2.29. The molecule has 2 heteroatoms. The van der Waals surface area contributed by atoms with Crippen LogP contribution in [0.1, 0.15) is 31.1 Å². The van der Waals surface area contributed by atoms with E-state index in [1.165, 1.54) is 11.1 Å². The summed E-state index contributed by atoms with van der Waals surface area (Å²) in [5, 5.41) is 3.15. The Labute approximate surface area is 92.6 Å². The van der Waals surface area contributed by atoms with E-state index in [0.29, 0.717) is 0 Å². The molecule has 0 aromatic heterocycles. The Morgan fingerprint density at radius 3 is 2.33 bits per heavy atom. The third-order valence-corrected chi connectivity index (χ3v) is 2.52. The lowest BCUT2D eigenvalue weighted by Gasteiger charge is -2.17. The molecule has 84 valence electrons. The number of ether oxygens (including phenoxy) is 1. The van der Waals surface area contributed by atoms with Crippen LogP contribution in [0.3, 0.4) is 0 Å². The standard InChI is InChI=1S/C13H21NO/c1-4-11-6-8-12(9-7-11)13(10-14-3)15-5-2/h6-9,13-14H,4-5,10H2,1-3H3/t13-/m1/s1. The second-order valence-electron chi connectivity index (χ2n) is 3.60. The van der Waals surface area contributed by atoms with Gasteiger partial charge in [-0.25, -0.2) is 0 Å². The molecule has 0 radical (unpaired) electrons. The van der Waals surface area contributed by atoms with Gasteiger partial charge in [-0.3, -0.25) is 0 Å². The summed E-state index contributed by atoms with van der Waals surface area (Å²) < 4.78 is 5.68. The van der Waals surface area contributed by atoms with Gasteiger partial charge in [0.05, 0.1) is 6.10 Å². The molecule has 1 aromatic rings. The van der Waals surface area contributed by atoms with Crippen LogP contribution in [0.25, 0.3) is 0 Å².